The standard InChI is InChI=1S/C4H8O2.C3H4O2/c1-2-3-4(5)6;1-2-3(4)5/h2-3H2,1H3,(H,5,6);2H,1H2,(H,4,5)/p-2. The summed E-state index contributed by atoms with van der Waals surface area (Å²) in [5.74, 6) is -2.19. The zero-order valence-electron chi connectivity index (χ0n) is 6.33. The molecule has 0 saturated carbocycles. The molecule has 0 amide bonds. The normalized spacial score (nSPS) is 7.36. The van der Waals surface area contributed by atoms with Crippen LogP contribution in [0.25, 0.3) is 0 Å². The predicted molar refractivity (Wildman–Crippen MR) is 35.1 cm³/mol. The third kappa shape index (κ3) is 28.6. The number of carboxylic acids is 2. The Bertz CT molecular complexity index is 139. The van der Waals surface area contributed by atoms with Crippen LogP contribution in [0.5, 0.6) is 0 Å². The molecule has 0 unspecified atom stereocenters. The van der Waals surface area contributed by atoms with E-state index in [1.807, 2.05) is 0 Å². The van der Waals surface area contributed by atoms with Crippen LogP contribution in [-0.4, -0.2) is 11.9 Å². The summed E-state index contributed by atoms with van der Waals surface area (Å²) in [4.78, 5) is 18.6. The zero-order chi connectivity index (χ0) is 9.28. The Balaban J connectivity index is 0. The molecule has 0 aromatic heterocycles. The van der Waals surface area contributed by atoms with Crippen LogP contribution in [-0.2, 0) is 9.59 Å². The molecular formula is C7H10O4-2. The van der Waals surface area contributed by atoms with Crippen LogP contribution in [0, 0.1) is 0 Å². The van der Waals surface area contributed by atoms with E-state index in [0.29, 0.717) is 6.42 Å². The Hall–Kier alpha value is -1.32. The highest BCUT2D eigenvalue weighted by Gasteiger charge is 1.75. The monoisotopic (exact) mass is 158 g/mol. The van der Waals surface area contributed by atoms with Crippen LogP contribution < -0.4 is 10.2 Å². The number of carboxylic acid groups (broad SMARTS) is 2. The average molecular weight is 158 g/mol. The van der Waals surface area contributed by atoms with Crippen LogP contribution in [0.15, 0.2) is 12.7 Å². The minimum Gasteiger partial charge on any atom is -0.550 e. The van der Waals surface area contributed by atoms with Crippen molar-refractivity contribution in [3.05, 3.63) is 12.7 Å². The van der Waals surface area contributed by atoms with Gasteiger partial charge in [0.2, 0.25) is 0 Å². The van der Waals surface area contributed by atoms with Gasteiger partial charge in [-0.05, 0) is 12.5 Å². The molecular weight excluding hydrogens is 148 g/mol. The first kappa shape index (κ1) is 12.4. The highest BCUT2D eigenvalue weighted by molar-refractivity contribution is 5.76. The van der Waals surface area contributed by atoms with E-state index in [2.05, 4.69) is 6.58 Å². The van der Waals surface area contributed by atoms with Gasteiger partial charge in [0, 0.05) is 5.97 Å². The molecule has 0 aromatic rings. The lowest BCUT2D eigenvalue weighted by molar-refractivity contribution is -0.305. The number of carbonyl (C=O) groups is 2. The quantitative estimate of drug-likeness (QED) is 0.466. The molecule has 64 valence electrons. The molecule has 0 N–H and O–H groups in total. The van der Waals surface area contributed by atoms with Gasteiger partial charge in [-0.2, -0.15) is 0 Å². The van der Waals surface area contributed by atoms with Crippen molar-refractivity contribution < 1.29 is 19.8 Å². The third-order valence-electron chi connectivity index (χ3n) is 0.621. The topological polar surface area (TPSA) is 80.3 Å². The van der Waals surface area contributed by atoms with Crippen LogP contribution in [0.3, 0.4) is 0 Å². The zero-order valence-corrected chi connectivity index (χ0v) is 6.33. The molecule has 0 rings (SSSR count). The summed E-state index contributed by atoms with van der Waals surface area (Å²) >= 11 is 0. The fourth-order valence-corrected chi connectivity index (χ4v) is 0.204. The van der Waals surface area contributed by atoms with Gasteiger partial charge in [-0.25, -0.2) is 0 Å². The fourth-order valence-electron chi connectivity index (χ4n) is 0.204. The Kier molecular flexibility index (Phi) is 9.76. The first-order valence-electron chi connectivity index (χ1n) is 3.07. The lowest BCUT2D eigenvalue weighted by Gasteiger charge is -1.92. The van der Waals surface area contributed by atoms with Gasteiger partial charge in [-0.3, -0.25) is 0 Å². The van der Waals surface area contributed by atoms with E-state index < -0.39 is 11.9 Å². The second-order valence-electron chi connectivity index (χ2n) is 1.65. The highest BCUT2D eigenvalue weighted by Crippen LogP contribution is 1.79. The number of carbonyl (C=O) groups excluding carboxylic acids is 2. The fraction of sp³-hybridized carbons (Fsp3) is 0.429. The van der Waals surface area contributed by atoms with Crippen molar-refractivity contribution in [3.8, 4) is 0 Å². The van der Waals surface area contributed by atoms with E-state index in [9.17, 15) is 9.90 Å². The molecule has 0 heterocycles. The highest BCUT2D eigenvalue weighted by atomic mass is 16.4. The van der Waals surface area contributed by atoms with E-state index in [-0.39, 0.29) is 6.42 Å². The van der Waals surface area contributed by atoms with Gasteiger partial charge in [0.1, 0.15) is 0 Å². The van der Waals surface area contributed by atoms with Crippen LogP contribution >= 0.6 is 0 Å². The molecule has 0 bridgehead atoms. The second-order valence-corrected chi connectivity index (χ2v) is 1.65. The minimum absolute atomic E-state index is 0.181. The van der Waals surface area contributed by atoms with E-state index in [1.165, 1.54) is 0 Å². The van der Waals surface area contributed by atoms with Gasteiger partial charge in [-0.1, -0.05) is 19.9 Å². The lowest BCUT2D eigenvalue weighted by atomic mass is 10.4. The van der Waals surface area contributed by atoms with Crippen molar-refractivity contribution in [2.75, 3.05) is 0 Å². The third-order valence-corrected chi connectivity index (χ3v) is 0.621. The van der Waals surface area contributed by atoms with E-state index >= 15 is 0 Å². The molecule has 0 aliphatic rings. The summed E-state index contributed by atoms with van der Waals surface area (Å²) < 4.78 is 0. The van der Waals surface area contributed by atoms with Gasteiger partial charge in [0.15, 0.2) is 0 Å². The summed E-state index contributed by atoms with van der Waals surface area (Å²) in [5.41, 5.74) is 0. The lowest BCUT2D eigenvalue weighted by Crippen LogP contribution is -2.20. The van der Waals surface area contributed by atoms with Gasteiger partial charge in [0.25, 0.3) is 0 Å². The molecule has 0 saturated heterocycles. The Morgan fingerprint density at radius 2 is 1.82 bits per heavy atom. The number of aliphatic carboxylic acids is 2. The molecule has 0 atom stereocenters. The molecule has 4 nitrogen and oxygen atoms in total. The molecule has 4 heteroatoms. The Morgan fingerprint density at radius 1 is 1.45 bits per heavy atom. The maximum atomic E-state index is 9.49. The number of rotatable bonds is 3. The first-order chi connectivity index (χ1) is 5.04. The van der Waals surface area contributed by atoms with Crippen LogP contribution in [0.4, 0.5) is 0 Å². The molecule has 0 aliphatic heterocycles. The Labute approximate surface area is 65.2 Å². The SMILES string of the molecule is C=CC(=O)[O-].CCCC(=O)[O-]. The average Bonchev–Trinajstić information content (AvgIpc) is 1.89. The molecule has 0 spiro atoms. The number of hydrogen-bond donors (Lipinski definition) is 0. The van der Waals surface area contributed by atoms with Crippen molar-refractivity contribution in [2.24, 2.45) is 0 Å². The van der Waals surface area contributed by atoms with Crippen molar-refractivity contribution in [3.63, 3.8) is 0 Å². The first-order valence-corrected chi connectivity index (χ1v) is 3.07. The van der Waals surface area contributed by atoms with E-state index in [0.717, 1.165) is 6.08 Å². The summed E-state index contributed by atoms with van der Waals surface area (Å²) in [6.07, 6.45) is 1.57. The molecule has 0 fully saturated rings. The van der Waals surface area contributed by atoms with E-state index in [1.54, 1.807) is 6.92 Å². The second kappa shape index (κ2) is 8.68. The largest absolute Gasteiger partial charge is 0.550 e. The van der Waals surface area contributed by atoms with Crippen molar-refractivity contribution in [1.29, 1.82) is 0 Å². The van der Waals surface area contributed by atoms with Gasteiger partial charge >= 0.3 is 0 Å². The van der Waals surface area contributed by atoms with Crippen molar-refractivity contribution >= 4 is 11.9 Å². The minimum atomic E-state index is -1.23. The molecule has 0 aromatic carbocycles. The van der Waals surface area contributed by atoms with Gasteiger partial charge in [-0.15, -0.1) is 0 Å². The summed E-state index contributed by atoms with van der Waals surface area (Å²) in [6, 6.07) is 0. The summed E-state index contributed by atoms with van der Waals surface area (Å²) in [6.45, 7) is 4.70. The van der Waals surface area contributed by atoms with Gasteiger partial charge in [0.05, 0.1) is 5.97 Å². The van der Waals surface area contributed by atoms with Crippen molar-refractivity contribution in [2.45, 2.75) is 19.8 Å². The molecule has 0 radical (unpaired) electrons. The summed E-state index contributed by atoms with van der Waals surface area (Å²) in [7, 11) is 0. The maximum Gasteiger partial charge on any atom is 0.0636 e. The van der Waals surface area contributed by atoms with Crippen molar-refractivity contribution in [1.82, 2.24) is 0 Å². The molecule has 11 heavy (non-hydrogen) atoms. The molecule has 0 aliphatic carbocycles. The Morgan fingerprint density at radius 3 is 1.82 bits per heavy atom. The van der Waals surface area contributed by atoms with Crippen LogP contribution in [0.2, 0.25) is 0 Å². The van der Waals surface area contributed by atoms with E-state index in [4.69, 9.17) is 9.90 Å². The number of hydrogen-bond acceptors (Lipinski definition) is 4. The maximum absolute atomic E-state index is 9.49. The smallest absolute Gasteiger partial charge is 0.0636 e. The van der Waals surface area contributed by atoms with Gasteiger partial charge < -0.3 is 19.8 Å². The predicted octanol–water partition coefficient (Wildman–Crippen LogP) is -1.54. The summed E-state index contributed by atoms with van der Waals surface area (Å²) in [5, 5.41) is 18.6. The van der Waals surface area contributed by atoms with Crippen LogP contribution in [0.1, 0.15) is 19.8 Å².